The molecule has 0 radical (unpaired) electrons. The zero-order chi connectivity index (χ0) is 12.0. The van der Waals surface area contributed by atoms with Gasteiger partial charge in [-0.3, -0.25) is 5.32 Å². The normalized spacial score (nSPS) is 32.0. The van der Waals surface area contributed by atoms with E-state index in [0.717, 1.165) is 5.92 Å². The largest absolute Gasteiger partial charge is 0.329 e. The second kappa shape index (κ2) is 6.27. The van der Waals surface area contributed by atoms with Gasteiger partial charge < -0.3 is 5.73 Å². The molecule has 16 heavy (non-hydrogen) atoms. The molecule has 1 fully saturated rings. The summed E-state index contributed by atoms with van der Waals surface area (Å²) in [7, 11) is 0. The molecule has 0 aromatic rings. The van der Waals surface area contributed by atoms with Crippen molar-refractivity contribution in [2.45, 2.75) is 64.0 Å². The monoisotopic (exact) mass is 222 g/mol. The second-order valence-corrected chi connectivity index (χ2v) is 5.25. The Bertz CT molecular complexity index is 234. The van der Waals surface area contributed by atoms with E-state index in [-0.39, 0.29) is 11.6 Å². The number of rotatable bonds is 5. The molecule has 0 saturated heterocycles. The second-order valence-electron chi connectivity index (χ2n) is 5.25. The molecular weight excluding hydrogens is 196 g/mol. The molecule has 3 N–H and O–H groups in total. The average Bonchev–Trinajstić information content (AvgIpc) is 2.32. The predicted octanol–water partition coefficient (Wildman–Crippen LogP) is 2.29. The first-order valence-electron chi connectivity index (χ1n) is 6.59. The summed E-state index contributed by atoms with van der Waals surface area (Å²) in [5.41, 5.74) is 6.04. The van der Waals surface area contributed by atoms with Crippen LogP contribution in [0.1, 0.15) is 52.4 Å². The number of terminal acetylenes is 1. The van der Waals surface area contributed by atoms with Gasteiger partial charge in [0.25, 0.3) is 0 Å². The predicted molar refractivity (Wildman–Crippen MR) is 70.1 cm³/mol. The van der Waals surface area contributed by atoms with E-state index in [1.165, 1.54) is 38.5 Å². The van der Waals surface area contributed by atoms with Crippen molar-refractivity contribution in [3.63, 3.8) is 0 Å². The van der Waals surface area contributed by atoms with Gasteiger partial charge in [0.2, 0.25) is 0 Å². The van der Waals surface area contributed by atoms with Gasteiger partial charge in [0, 0.05) is 12.1 Å². The summed E-state index contributed by atoms with van der Waals surface area (Å²) in [6.45, 7) is 5.01. The molecule has 0 amide bonds. The Morgan fingerprint density at radius 1 is 1.50 bits per heavy atom. The van der Waals surface area contributed by atoms with Gasteiger partial charge in [-0.2, -0.15) is 0 Å². The molecular formula is C14H26N2. The minimum absolute atomic E-state index is 0.107. The molecule has 1 rings (SSSR count). The molecule has 1 unspecified atom stereocenters. The first-order chi connectivity index (χ1) is 7.65. The zero-order valence-electron chi connectivity index (χ0n) is 10.8. The molecule has 1 saturated carbocycles. The topological polar surface area (TPSA) is 38.0 Å². The summed E-state index contributed by atoms with van der Waals surface area (Å²) in [6, 6.07) is 0.131. The van der Waals surface area contributed by atoms with Crippen molar-refractivity contribution < 1.29 is 0 Å². The third-order valence-corrected chi connectivity index (χ3v) is 3.92. The fourth-order valence-electron chi connectivity index (χ4n) is 2.84. The van der Waals surface area contributed by atoms with Crippen LogP contribution in [0.25, 0.3) is 0 Å². The SMILES string of the molecule is C#CC(C)NC1(CN)CCC(CCC)CC1. The lowest BCUT2D eigenvalue weighted by molar-refractivity contribution is 0.182. The lowest BCUT2D eigenvalue weighted by Gasteiger charge is -2.41. The molecule has 1 atom stereocenters. The summed E-state index contributed by atoms with van der Waals surface area (Å²) < 4.78 is 0. The van der Waals surface area contributed by atoms with Gasteiger partial charge in [-0.25, -0.2) is 0 Å². The summed E-state index contributed by atoms with van der Waals surface area (Å²) >= 11 is 0. The lowest BCUT2D eigenvalue weighted by Crippen LogP contribution is -2.56. The molecule has 1 aliphatic rings. The van der Waals surface area contributed by atoms with E-state index in [1.807, 2.05) is 6.92 Å². The Labute approximate surface area is 100 Å². The van der Waals surface area contributed by atoms with Gasteiger partial charge >= 0.3 is 0 Å². The number of hydrogen-bond acceptors (Lipinski definition) is 2. The molecule has 0 aliphatic heterocycles. The molecule has 92 valence electrons. The van der Waals surface area contributed by atoms with Crippen LogP contribution in [0.2, 0.25) is 0 Å². The van der Waals surface area contributed by atoms with E-state index in [1.54, 1.807) is 0 Å². The highest BCUT2D eigenvalue weighted by molar-refractivity contribution is 5.03. The van der Waals surface area contributed by atoms with E-state index < -0.39 is 0 Å². The fraction of sp³-hybridized carbons (Fsp3) is 0.857. The Morgan fingerprint density at radius 3 is 2.56 bits per heavy atom. The quantitative estimate of drug-likeness (QED) is 0.700. The molecule has 2 nitrogen and oxygen atoms in total. The van der Waals surface area contributed by atoms with Crippen LogP contribution in [0.15, 0.2) is 0 Å². The van der Waals surface area contributed by atoms with Crippen LogP contribution in [0.3, 0.4) is 0 Å². The third kappa shape index (κ3) is 3.50. The smallest absolute Gasteiger partial charge is 0.0663 e. The van der Waals surface area contributed by atoms with Gasteiger partial charge in [-0.15, -0.1) is 6.42 Å². The van der Waals surface area contributed by atoms with Crippen LogP contribution in [0, 0.1) is 18.3 Å². The van der Waals surface area contributed by atoms with Crippen molar-refractivity contribution in [1.82, 2.24) is 5.32 Å². The van der Waals surface area contributed by atoms with Crippen molar-refractivity contribution in [2.75, 3.05) is 6.54 Å². The maximum Gasteiger partial charge on any atom is 0.0663 e. The number of hydrogen-bond donors (Lipinski definition) is 2. The van der Waals surface area contributed by atoms with Gasteiger partial charge in [-0.05, 0) is 38.5 Å². The van der Waals surface area contributed by atoms with Crippen LogP contribution in [-0.2, 0) is 0 Å². The molecule has 0 bridgehead atoms. The van der Waals surface area contributed by atoms with Crippen molar-refractivity contribution in [3.05, 3.63) is 0 Å². The maximum atomic E-state index is 5.93. The van der Waals surface area contributed by atoms with Crippen molar-refractivity contribution in [3.8, 4) is 12.3 Å². The van der Waals surface area contributed by atoms with Crippen LogP contribution >= 0.6 is 0 Å². The van der Waals surface area contributed by atoms with Gasteiger partial charge in [-0.1, -0.05) is 25.7 Å². The number of nitrogens with two attached hydrogens (primary N) is 1. The van der Waals surface area contributed by atoms with E-state index in [9.17, 15) is 0 Å². The standard InChI is InChI=1S/C14H26N2/c1-4-6-13-7-9-14(11-15,10-8-13)16-12(3)5-2/h2,12-13,16H,4,6-11,15H2,1,3H3. The van der Waals surface area contributed by atoms with Crippen molar-refractivity contribution >= 4 is 0 Å². The molecule has 0 spiro atoms. The first-order valence-corrected chi connectivity index (χ1v) is 6.59. The highest BCUT2D eigenvalue weighted by Crippen LogP contribution is 2.34. The summed E-state index contributed by atoms with van der Waals surface area (Å²) in [5, 5.41) is 3.53. The Kier molecular flexibility index (Phi) is 5.31. The van der Waals surface area contributed by atoms with Gasteiger partial charge in [0.1, 0.15) is 0 Å². The summed E-state index contributed by atoms with van der Waals surface area (Å²) in [6.07, 6.45) is 13.1. The average molecular weight is 222 g/mol. The first kappa shape index (κ1) is 13.5. The van der Waals surface area contributed by atoms with E-state index in [4.69, 9.17) is 12.2 Å². The minimum Gasteiger partial charge on any atom is -0.329 e. The molecule has 2 heteroatoms. The maximum absolute atomic E-state index is 5.93. The summed E-state index contributed by atoms with van der Waals surface area (Å²) in [5.74, 6) is 3.65. The van der Waals surface area contributed by atoms with E-state index in [0.29, 0.717) is 6.54 Å². The van der Waals surface area contributed by atoms with Gasteiger partial charge in [0.05, 0.1) is 6.04 Å². The molecule has 0 heterocycles. The third-order valence-electron chi connectivity index (χ3n) is 3.92. The van der Waals surface area contributed by atoms with Crippen LogP contribution in [-0.4, -0.2) is 18.1 Å². The highest BCUT2D eigenvalue weighted by atomic mass is 15.0. The zero-order valence-corrected chi connectivity index (χ0v) is 10.8. The molecule has 1 aliphatic carbocycles. The molecule has 0 aromatic carbocycles. The fourth-order valence-corrected chi connectivity index (χ4v) is 2.84. The number of nitrogens with one attached hydrogen (secondary N) is 1. The van der Waals surface area contributed by atoms with Crippen molar-refractivity contribution in [2.24, 2.45) is 11.7 Å². The highest BCUT2D eigenvalue weighted by Gasteiger charge is 2.34. The Morgan fingerprint density at radius 2 is 2.12 bits per heavy atom. The van der Waals surface area contributed by atoms with Gasteiger partial charge in [0.15, 0.2) is 0 Å². The van der Waals surface area contributed by atoms with Crippen LogP contribution in [0.4, 0.5) is 0 Å². The van der Waals surface area contributed by atoms with Crippen molar-refractivity contribution in [1.29, 1.82) is 0 Å². The van der Waals surface area contributed by atoms with E-state index >= 15 is 0 Å². The van der Waals surface area contributed by atoms with Crippen LogP contribution < -0.4 is 11.1 Å². The Balaban J connectivity index is 2.48. The minimum atomic E-state index is 0.107. The van der Waals surface area contributed by atoms with E-state index in [2.05, 4.69) is 18.2 Å². The Hall–Kier alpha value is -0.520. The lowest BCUT2D eigenvalue weighted by atomic mass is 9.75. The van der Waals surface area contributed by atoms with Crippen LogP contribution in [0.5, 0.6) is 0 Å². The molecule has 0 aromatic heterocycles. The summed E-state index contributed by atoms with van der Waals surface area (Å²) in [4.78, 5) is 0.